The van der Waals surface area contributed by atoms with Crippen LogP contribution in [0.25, 0.3) is 0 Å². The Balaban J connectivity index is 2.94. The molecule has 0 bridgehead atoms. The quantitative estimate of drug-likeness (QED) is 0.260. The molecule has 18 heavy (non-hydrogen) atoms. The summed E-state index contributed by atoms with van der Waals surface area (Å²) in [5.74, 6) is 0. The van der Waals surface area contributed by atoms with E-state index in [2.05, 4.69) is 13.8 Å². The zero-order valence-electron chi connectivity index (χ0n) is 12.3. The first-order valence-electron chi connectivity index (χ1n) is 7.52. The highest BCUT2D eigenvalue weighted by Crippen LogP contribution is 2.11. The molecule has 106 valence electrons. The number of unbranched alkanes of at least 4 members (excludes halogenated alkanes) is 5. The van der Waals surface area contributed by atoms with Crippen molar-refractivity contribution in [2.24, 2.45) is 0 Å². The van der Waals surface area contributed by atoms with Gasteiger partial charge >= 0.3 is 19.3 Å². The molecule has 0 aliphatic carbocycles. The molecule has 0 heterocycles. The monoisotopic (exact) mass is 288 g/mol. The maximum absolute atomic E-state index is 5.87. The van der Waals surface area contributed by atoms with Crippen molar-refractivity contribution in [3.63, 3.8) is 0 Å². The van der Waals surface area contributed by atoms with Crippen LogP contribution in [0.15, 0.2) is 0 Å². The molecule has 0 saturated carbocycles. The van der Waals surface area contributed by atoms with E-state index in [1.165, 1.54) is 44.9 Å². The zero-order chi connectivity index (χ0) is 13.5. The average molecular weight is 289 g/mol. The Morgan fingerprint density at radius 3 is 2.22 bits per heavy atom. The SMILES string of the molecule is CCCCCCCCOCOCCC[CH](C)[Mg][Cl]. The van der Waals surface area contributed by atoms with Crippen LogP contribution in [0.2, 0.25) is 4.05 Å². The van der Waals surface area contributed by atoms with Crippen molar-refractivity contribution in [3.8, 4) is 0 Å². The molecule has 0 N–H and O–H groups in total. The molecule has 1 atom stereocenters. The molecule has 2 nitrogen and oxygen atoms in total. The fraction of sp³-hybridized carbons (Fsp3) is 1.00. The van der Waals surface area contributed by atoms with Crippen LogP contribution >= 0.6 is 9.07 Å². The van der Waals surface area contributed by atoms with Gasteiger partial charge in [0, 0.05) is 13.2 Å². The lowest BCUT2D eigenvalue weighted by atomic mass is 10.1. The molecule has 0 aromatic rings. The highest BCUT2D eigenvalue weighted by atomic mass is 35.5. The molecular formula is C14H29ClMgO2. The number of halogens is 1. The summed E-state index contributed by atoms with van der Waals surface area (Å²) in [6, 6.07) is 0. The molecule has 0 fully saturated rings. The lowest BCUT2D eigenvalue weighted by Crippen LogP contribution is -2.04. The first kappa shape index (κ1) is 19.0. The van der Waals surface area contributed by atoms with Gasteiger partial charge in [-0.1, -0.05) is 52.4 Å². The van der Waals surface area contributed by atoms with Crippen LogP contribution in [0.3, 0.4) is 0 Å². The van der Waals surface area contributed by atoms with Crippen LogP contribution in [-0.4, -0.2) is 39.3 Å². The van der Waals surface area contributed by atoms with E-state index >= 15 is 0 Å². The topological polar surface area (TPSA) is 18.5 Å². The summed E-state index contributed by atoms with van der Waals surface area (Å²) < 4.78 is 11.6. The van der Waals surface area contributed by atoms with Crippen molar-refractivity contribution in [3.05, 3.63) is 0 Å². The Labute approximate surface area is 127 Å². The van der Waals surface area contributed by atoms with Gasteiger partial charge in [-0.15, -0.1) is 4.05 Å². The molecule has 0 aromatic carbocycles. The second-order valence-electron chi connectivity index (χ2n) is 5.10. The Morgan fingerprint density at radius 2 is 1.56 bits per heavy atom. The average Bonchev–Trinajstić information content (AvgIpc) is 2.39. The highest BCUT2D eigenvalue weighted by Gasteiger charge is 2.03. The van der Waals surface area contributed by atoms with Crippen molar-refractivity contribution in [1.29, 1.82) is 0 Å². The van der Waals surface area contributed by atoms with Gasteiger partial charge in [0.1, 0.15) is 6.79 Å². The van der Waals surface area contributed by atoms with Crippen LogP contribution in [0.5, 0.6) is 0 Å². The molecule has 0 aliphatic rings. The van der Waals surface area contributed by atoms with E-state index in [4.69, 9.17) is 18.5 Å². The van der Waals surface area contributed by atoms with Crippen LogP contribution in [0, 0.1) is 0 Å². The Hall–Kier alpha value is 0.976. The summed E-state index contributed by atoms with van der Waals surface area (Å²) in [5, 5.41) is 0. The standard InChI is InChI=1S/C14H29O2.ClH.Mg/c1-3-5-7-8-9-11-13-16-14-15-12-10-6-4-2;;/h4H,3,5-14H2,1-2H3;1H;/q;;+1/p-1. The van der Waals surface area contributed by atoms with Gasteiger partial charge in [-0.3, -0.25) is 0 Å². The van der Waals surface area contributed by atoms with Crippen LogP contribution < -0.4 is 0 Å². The van der Waals surface area contributed by atoms with Crippen molar-refractivity contribution >= 4 is 28.3 Å². The van der Waals surface area contributed by atoms with Crippen molar-refractivity contribution in [2.75, 3.05) is 20.0 Å². The number of rotatable bonds is 14. The summed E-state index contributed by atoms with van der Waals surface area (Å²) in [5.41, 5.74) is 0. The predicted octanol–water partition coefficient (Wildman–Crippen LogP) is 4.78. The van der Waals surface area contributed by atoms with Gasteiger partial charge in [-0.25, -0.2) is 0 Å². The third kappa shape index (κ3) is 15.0. The molecule has 0 saturated heterocycles. The van der Waals surface area contributed by atoms with E-state index in [1.807, 2.05) is 0 Å². The van der Waals surface area contributed by atoms with E-state index in [-0.39, 0.29) is 19.3 Å². The van der Waals surface area contributed by atoms with E-state index in [0.29, 0.717) is 6.79 Å². The molecule has 0 radical (unpaired) electrons. The third-order valence-electron chi connectivity index (χ3n) is 3.06. The Morgan fingerprint density at radius 1 is 0.944 bits per heavy atom. The molecular weight excluding hydrogens is 260 g/mol. The van der Waals surface area contributed by atoms with E-state index < -0.39 is 0 Å². The van der Waals surface area contributed by atoms with Crippen molar-refractivity contribution < 1.29 is 9.47 Å². The minimum Gasteiger partial charge on any atom is -0.355 e. The Kier molecular flexibility index (Phi) is 16.9. The van der Waals surface area contributed by atoms with Gasteiger partial charge in [0.2, 0.25) is 0 Å². The zero-order valence-corrected chi connectivity index (χ0v) is 14.4. The molecule has 0 amide bonds. The van der Waals surface area contributed by atoms with Gasteiger partial charge in [-0.2, -0.15) is 0 Å². The fourth-order valence-corrected chi connectivity index (χ4v) is 2.68. The normalized spacial score (nSPS) is 12.4. The first-order valence-corrected chi connectivity index (χ1v) is 10.5. The van der Waals surface area contributed by atoms with Gasteiger partial charge < -0.3 is 18.5 Å². The van der Waals surface area contributed by atoms with Gasteiger partial charge in [0.15, 0.2) is 0 Å². The smallest absolute Gasteiger partial charge is 0.355 e. The van der Waals surface area contributed by atoms with Crippen LogP contribution in [-0.2, 0) is 9.47 Å². The third-order valence-corrected chi connectivity index (χ3v) is 5.57. The molecule has 0 aromatic heterocycles. The summed E-state index contributed by atoms with van der Waals surface area (Å²) in [7, 11) is 5.87. The number of hydrogen-bond acceptors (Lipinski definition) is 2. The summed E-state index contributed by atoms with van der Waals surface area (Å²) in [6.45, 7) is 6.59. The van der Waals surface area contributed by atoms with Crippen molar-refractivity contribution in [2.45, 2.75) is 69.3 Å². The van der Waals surface area contributed by atoms with E-state index in [1.54, 1.807) is 0 Å². The number of ether oxygens (including phenoxy) is 2. The first-order chi connectivity index (χ1) is 8.81. The molecule has 1 unspecified atom stereocenters. The molecule has 0 rings (SSSR count). The van der Waals surface area contributed by atoms with E-state index in [0.717, 1.165) is 23.7 Å². The number of hydrogen-bond donors (Lipinski definition) is 0. The molecule has 0 spiro atoms. The molecule has 4 heteroatoms. The fourth-order valence-electron chi connectivity index (χ4n) is 1.77. The Bertz CT molecular complexity index is 159. The van der Waals surface area contributed by atoms with Gasteiger partial charge in [-0.05, 0) is 12.8 Å². The summed E-state index contributed by atoms with van der Waals surface area (Å²) in [4.78, 5) is 0. The molecule has 0 aliphatic heterocycles. The highest BCUT2D eigenvalue weighted by molar-refractivity contribution is 6.94. The predicted molar refractivity (Wildman–Crippen MR) is 80.4 cm³/mol. The largest absolute Gasteiger partial charge is 0.504 e. The second kappa shape index (κ2) is 16.0. The van der Waals surface area contributed by atoms with Gasteiger partial charge in [0.25, 0.3) is 0 Å². The van der Waals surface area contributed by atoms with E-state index in [9.17, 15) is 0 Å². The minimum atomic E-state index is -0.336. The summed E-state index contributed by atoms with van der Waals surface area (Å²) in [6.07, 6.45) is 10.2. The van der Waals surface area contributed by atoms with Crippen LogP contribution in [0.1, 0.15) is 65.2 Å². The van der Waals surface area contributed by atoms with Crippen LogP contribution in [0.4, 0.5) is 0 Å². The second-order valence-corrected chi connectivity index (χ2v) is 7.73. The maximum Gasteiger partial charge on any atom is 0.504 e. The minimum absolute atomic E-state index is 0.336. The van der Waals surface area contributed by atoms with Gasteiger partial charge in [0.05, 0.1) is 0 Å². The summed E-state index contributed by atoms with van der Waals surface area (Å²) >= 11 is -0.336. The lowest BCUT2D eigenvalue weighted by Gasteiger charge is -2.08. The lowest BCUT2D eigenvalue weighted by molar-refractivity contribution is -0.0555. The maximum atomic E-state index is 5.87. The van der Waals surface area contributed by atoms with Crippen molar-refractivity contribution in [1.82, 2.24) is 0 Å².